The highest BCUT2D eigenvalue weighted by Gasteiger charge is 2.24. The van der Waals surface area contributed by atoms with E-state index >= 15 is 0 Å². The van der Waals surface area contributed by atoms with Gasteiger partial charge in [0.2, 0.25) is 0 Å². The van der Waals surface area contributed by atoms with E-state index in [0.29, 0.717) is 32.9 Å². The van der Waals surface area contributed by atoms with Gasteiger partial charge in [0.05, 0.1) is 36.8 Å². The molecule has 0 aliphatic heterocycles. The van der Waals surface area contributed by atoms with Crippen LogP contribution < -0.4 is 14.2 Å². The van der Waals surface area contributed by atoms with E-state index in [1.165, 1.54) is 27.2 Å². The summed E-state index contributed by atoms with van der Waals surface area (Å²) in [5, 5.41) is 1.31. The standard InChI is InChI=1S/C18H19ClO6/c1-6-24-18(21)11-7-14(25-10(3)20)16-15(9(11)2)13(22-4)8-12(19)17(16)23-5/h7-8H,6H2,1-5H3. The lowest BCUT2D eigenvalue weighted by Gasteiger charge is -2.18. The Balaban J connectivity index is 2.98. The van der Waals surface area contributed by atoms with Crippen LogP contribution in [-0.2, 0) is 9.53 Å². The van der Waals surface area contributed by atoms with Gasteiger partial charge in [0.1, 0.15) is 17.2 Å². The second-order valence-corrected chi connectivity index (χ2v) is 5.61. The van der Waals surface area contributed by atoms with Crippen LogP contribution in [0, 0.1) is 6.92 Å². The van der Waals surface area contributed by atoms with Crippen molar-refractivity contribution in [1.29, 1.82) is 0 Å². The third-order valence-electron chi connectivity index (χ3n) is 3.67. The third kappa shape index (κ3) is 3.49. The van der Waals surface area contributed by atoms with Gasteiger partial charge in [0.25, 0.3) is 0 Å². The molecule has 25 heavy (non-hydrogen) atoms. The lowest BCUT2D eigenvalue weighted by molar-refractivity contribution is -0.131. The summed E-state index contributed by atoms with van der Waals surface area (Å²) < 4.78 is 21.2. The van der Waals surface area contributed by atoms with Crippen molar-refractivity contribution in [2.24, 2.45) is 0 Å². The number of halogens is 1. The minimum Gasteiger partial charge on any atom is -0.496 e. The van der Waals surface area contributed by atoms with Crippen LogP contribution in [0.15, 0.2) is 12.1 Å². The Morgan fingerprint density at radius 1 is 1.08 bits per heavy atom. The fourth-order valence-corrected chi connectivity index (χ4v) is 2.95. The normalized spacial score (nSPS) is 10.5. The number of methoxy groups -OCH3 is 2. The van der Waals surface area contributed by atoms with Crippen molar-refractivity contribution in [1.82, 2.24) is 0 Å². The lowest BCUT2D eigenvalue weighted by atomic mass is 9.97. The highest BCUT2D eigenvalue weighted by atomic mass is 35.5. The SMILES string of the molecule is CCOC(=O)c1cc(OC(C)=O)c2c(OC)c(Cl)cc(OC)c2c1C. The molecule has 6 nitrogen and oxygen atoms in total. The maximum atomic E-state index is 12.3. The van der Waals surface area contributed by atoms with Gasteiger partial charge in [0, 0.05) is 18.4 Å². The molecule has 0 spiro atoms. The zero-order valence-electron chi connectivity index (χ0n) is 14.7. The van der Waals surface area contributed by atoms with Gasteiger partial charge >= 0.3 is 11.9 Å². The van der Waals surface area contributed by atoms with Gasteiger partial charge in [-0.1, -0.05) is 11.6 Å². The smallest absolute Gasteiger partial charge is 0.338 e. The molecule has 0 radical (unpaired) electrons. The fraction of sp³-hybridized carbons (Fsp3) is 0.333. The van der Waals surface area contributed by atoms with Crippen LogP contribution in [0.5, 0.6) is 17.2 Å². The Labute approximate surface area is 150 Å². The molecule has 0 saturated carbocycles. The van der Waals surface area contributed by atoms with Gasteiger partial charge < -0.3 is 18.9 Å². The maximum Gasteiger partial charge on any atom is 0.338 e. The summed E-state index contributed by atoms with van der Waals surface area (Å²) in [6, 6.07) is 3.04. The largest absolute Gasteiger partial charge is 0.496 e. The van der Waals surface area contributed by atoms with Crippen LogP contribution >= 0.6 is 11.6 Å². The van der Waals surface area contributed by atoms with Gasteiger partial charge in [-0.15, -0.1) is 0 Å². The topological polar surface area (TPSA) is 71.1 Å². The fourth-order valence-electron chi connectivity index (χ4n) is 2.68. The lowest BCUT2D eigenvalue weighted by Crippen LogP contribution is -2.10. The van der Waals surface area contributed by atoms with Crippen molar-refractivity contribution < 1.29 is 28.5 Å². The molecule has 2 rings (SSSR count). The molecule has 0 heterocycles. The van der Waals surface area contributed by atoms with Gasteiger partial charge in [-0.25, -0.2) is 4.79 Å². The molecule has 0 N–H and O–H groups in total. The van der Waals surface area contributed by atoms with E-state index < -0.39 is 11.9 Å². The molecule has 134 valence electrons. The first-order valence-corrected chi connectivity index (χ1v) is 7.96. The molecule has 0 fully saturated rings. The molecule has 0 aromatic heterocycles. The molecule has 0 aliphatic carbocycles. The highest BCUT2D eigenvalue weighted by molar-refractivity contribution is 6.34. The summed E-state index contributed by atoms with van der Waals surface area (Å²) in [6.07, 6.45) is 0. The Hall–Kier alpha value is -2.47. The zero-order valence-corrected chi connectivity index (χ0v) is 15.4. The molecule has 0 unspecified atom stereocenters. The van der Waals surface area contributed by atoms with Crippen LogP contribution in [0.2, 0.25) is 5.02 Å². The Kier molecular flexibility index (Phi) is 5.74. The second-order valence-electron chi connectivity index (χ2n) is 5.21. The van der Waals surface area contributed by atoms with Crippen molar-refractivity contribution >= 4 is 34.3 Å². The number of hydrogen-bond acceptors (Lipinski definition) is 6. The minimum absolute atomic E-state index is 0.147. The first-order valence-electron chi connectivity index (χ1n) is 7.58. The Morgan fingerprint density at radius 3 is 2.28 bits per heavy atom. The number of rotatable bonds is 5. The number of carbonyl (C=O) groups excluding carboxylic acids is 2. The average Bonchev–Trinajstić information content (AvgIpc) is 2.56. The molecular weight excluding hydrogens is 348 g/mol. The summed E-state index contributed by atoms with van der Waals surface area (Å²) >= 11 is 6.26. The van der Waals surface area contributed by atoms with E-state index in [-0.39, 0.29) is 17.9 Å². The van der Waals surface area contributed by atoms with Gasteiger partial charge in [-0.05, 0) is 25.5 Å². The van der Waals surface area contributed by atoms with Gasteiger partial charge in [-0.2, -0.15) is 0 Å². The van der Waals surface area contributed by atoms with Crippen LogP contribution in [0.1, 0.15) is 29.8 Å². The number of benzene rings is 2. The summed E-state index contributed by atoms with van der Waals surface area (Å²) in [6.45, 7) is 4.96. The molecule has 7 heteroatoms. The van der Waals surface area contributed by atoms with Crippen LogP contribution in [-0.4, -0.2) is 32.8 Å². The number of ether oxygens (including phenoxy) is 4. The maximum absolute atomic E-state index is 12.3. The molecular formula is C18H19ClO6. The molecule has 0 bridgehead atoms. The van der Waals surface area contributed by atoms with E-state index in [1.54, 1.807) is 19.9 Å². The molecule has 2 aromatic carbocycles. The van der Waals surface area contributed by atoms with E-state index in [2.05, 4.69) is 0 Å². The minimum atomic E-state index is -0.541. The predicted molar refractivity (Wildman–Crippen MR) is 94.1 cm³/mol. The highest BCUT2D eigenvalue weighted by Crippen LogP contribution is 2.46. The van der Waals surface area contributed by atoms with E-state index in [0.717, 1.165) is 0 Å². The first-order chi connectivity index (χ1) is 11.8. The quantitative estimate of drug-likeness (QED) is 0.590. The Bertz CT molecular complexity index is 844. The second kappa shape index (κ2) is 7.61. The average molecular weight is 367 g/mol. The van der Waals surface area contributed by atoms with Crippen molar-refractivity contribution in [3.05, 3.63) is 28.3 Å². The van der Waals surface area contributed by atoms with E-state index in [1.807, 2.05) is 0 Å². The van der Waals surface area contributed by atoms with Gasteiger partial charge in [0.15, 0.2) is 0 Å². The monoisotopic (exact) mass is 366 g/mol. The summed E-state index contributed by atoms with van der Waals surface area (Å²) in [5.74, 6) is -0.161. The molecule has 2 aromatic rings. The van der Waals surface area contributed by atoms with E-state index in [4.69, 9.17) is 30.5 Å². The van der Waals surface area contributed by atoms with Crippen molar-refractivity contribution in [2.75, 3.05) is 20.8 Å². The van der Waals surface area contributed by atoms with Crippen LogP contribution in [0.25, 0.3) is 10.8 Å². The van der Waals surface area contributed by atoms with Crippen molar-refractivity contribution in [3.63, 3.8) is 0 Å². The van der Waals surface area contributed by atoms with Crippen molar-refractivity contribution in [3.8, 4) is 17.2 Å². The number of carbonyl (C=O) groups is 2. The molecule has 0 atom stereocenters. The zero-order chi connectivity index (χ0) is 18.7. The Morgan fingerprint density at radius 2 is 1.76 bits per heavy atom. The number of hydrogen-bond donors (Lipinski definition) is 0. The summed E-state index contributed by atoms with van der Waals surface area (Å²) in [5.41, 5.74) is 0.879. The van der Waals surface area contributed by atoms with E-state index in [9.17, 15) is 9.59 Å². The van der Waals surface area contributed by atoms with Crippen molar-refractivity contribution in [2.45, 2.75) is 20.8 Å². The number of aryl methyl sites for hydroxylation is 1. The van der Waals surface area contributed by atoms with Crippen LogP contribution in [0.3, 0.4) is 0 Å². The summed E-state index contributed by atoms with van der Waals surface area (Å²) in [7, 11) is 2.94. The van der Waals surface area contributed by atoms with Crippen LogP contribution in [0.4, 0.5) is 0 Å². The number of fused-ring (bicyclic) bond motifs is 1. The first kappa shape index (κ1) is 18.9. The predicted octanol–water partition coefficient (Wildman–Crippen LogP) is 3.92. The molecule has 0 amide bonds. The number of esters is 2. The summed E-state index contributed by atoms with van der Waals surface area (Å²) in [4.78, 5) is 23.9. The molecule has 0 saturated heterocycles. The third-order valence-corrected chi connectivity index (χ3v) is 3.95. The molecule has 0 aliphatic rings. The van der Waals surface area contributed by atoms with Gasteiger partial charge in [-0.3, -0.25) is 4.79 Å².